The molecule has 0 saturated heterocycles. The maximum absolute atomic E-state index is 11.1. The zero-order valence-corrected chi connectivity index (χ0v) is 8.91. The minimum absolute atomic E-state index is 0.00607. The molecule has 0 atom stereocenters. The molecule has 14 heavy (non-hydrogen) atoms. The van der Waals surface area contributed by atoms with Crippen LogP contribution in [0.3, 0.4) is 0 Å². The number of aromatic amines is 1. The van der Waals surface area contributed by atoms with E-state index in [4.69, 9.17) is 23.2 Å². The number of rotatable bonds is 1. The first-order valence-corrected chi connectivity index (χ1v) is 4.82. The number of benzene rings is 1. The maximum atomic E-state index is 11.1. The van der Waals surface area contributed by atoms with Gasteiger partial charge in [-0.3, -0.25) is 4.79 Å². The summed E-state index contributed by atoms with van der Waals surface area (Å²) in [5.74, 6) is -0.00607. The van der Waals surface area contributed by atoms with E-state index in [1.165, 1.54) is 6.92 Å². The number of halogens is 2. The molecule has 0 unspecified atom stereocenters. The fourth-order valence-corrected chi connectivity index (χ4v) is 1.65. The molecule has 1 N–H and O–H groups in total. The molecule has 0 radical (unpaired) electrons. The summed E-state index contributed by atoms with van der Waals surface area (Å²) in [4.78, 5) is 14.1. The minimum Gasteiger partial charge on any atom is -0.352 e. The number of carbonyl (C=O) groups excluding carboxylic acids is 1. The molecule has 1 aromatic carbocycles. The van der Waals surface area contributed by atoms with Gasteiger partial charge in [0.15, 0.2) is 5.78 Å². The first-order valence-electron chi connectivity index (χ1n) is 4.06. The van der Waals surface area contributed by atoms with Gasteiger partial charge >= 0.3 is 0 Å². The third-order valence-electron chi connectivity index (χ3n) is 2.04. The topological polar surface area (TPSA) is 32.9 Å². The van der Waals surface area contributed by atoms with Crippen LogP contribution in [-0.2, 0) is 0 Å². The van der Waals surface area contributed by atoms with Crippen LogP contribution in [0.1, 0.15) is 17.4 Å². The highest BCUT2D eigenvalue weighted by atomic mass is 35.5. The number of carbonyl (C=O) groups is 1. The van der Waals surface area contributed by atoms with Crippen LogP contribution in [0.2, 0.25) is 10.0 Å². The minimum atomic E-state index is -0.00607. The molecule has 0 fully saturated rings. The van der Waals surface area contributed by atoms with Gasteiger partial charge in [-0.2, -0.15) is 0 Å². The Labute approximate surface area is 90.8 Å². The zero-order valence-electron chi connectivity index (χ0n) is 7.40. The summed E-state index contributed by atoms with van der Waals surface area (Å²) in [6, 6.07) is 5.22. The fraction of sp³-hybridized carbons (Fsp3) is 0.100. The molecule has 0 aliphatic carbocycles. The van der Waals surface area contributed by atoms with Crippen LogP contribution in [0.15, 0.2) is 18.2 Å². The number of fused-ring (bicyclic) bond motifs is 1. The van der Waals surface area contributed by atoms with Crippen molar-refractivity contribution in [2.75, 3.05) is 0 Å². The van der Waals surface area contributed by atoms with Gasteiger partial charge < -0.3 is 4.98 Å². The molecule has 0 spiro atoms. The van der Waals surface area contributed by atoms with Gasteiger partial charge in [0.2, 0.25) is 0 Å². The Bertz CT molecular complexity index is 477. The van der Waals surface area contributed by atoms with E-state index in [2.05, 4.69) is 4.98 Å². The number of H-pyrrole nitrogens is 1. The Hall–Kier alpha value is -0.990. The summed E-state index contributed by atoms with van der Waals surface area (Å²) in [6.07, 6.45) is 0. The number of hydrogen-bond acceptors (Lipinski definition) is 1. The van der Waals surface area contributed by atoms with Gasteiger partial charge in [-0.25, -0.2) is 0 Å². The second-order valence-corrected chi connectivity index (χ2v) is 3.91. The van der Waals surface area contributed by atoms with E-state index < -0.39 is 0 Å². The number of nitrogens with one attached hydrogen (secondary N) is 1. The lowest BCUT2D eigenvalue weighted by Gasteiger charge is -1.94. The largest absolute Gasteiger partial charge is 0.352 e. The fourth-order valence-electron chi connectivity index (χ4n) is 1.32. The summed E-state index contributed by atoms with van der Waals surface area (Å²) >= 11 is 11.7. The standard InChI is InChI=1S/C10H7Cl2NO/c1-5(14)9-3-6-2-7(11)8(12)4-10(6)13-9/h2-4,13H,1H3. The van der Waals surface area contributed by atoms with E-state index in [1.807, 2.05) is 0 Å². The maximum Gasteiger partial charge on any atom is 0.175 e. The molecule has 0 aliphatic rings. The van der Waals surface area contributed by atoms with Gasteiger partial charge in [-0.15, -0.1) is 0 Å². The SMILES string of the molecule is CC(=O)c1cc2cc(Cl)c(Cl)cc2[nH]1. The molecule has 4 heteroatoms. The second-order valence-electron chi connectivity index (χ2n) is 3.09. The molecule has 72 valence electrons. The first kappa shape index (κ1) is 9.56. The normalized spacial score (nSPS) is 10.8. The molecule has 1 aromatic heterocycles. The molecule has 2 aromatic rings. The Morgan fingerprint density at radius 2 is 1.86 bits per heavy atom. The molecule has 0 aliphatic heterocycles. The van der Waals surface area contributed by atoms with Crippen LogP contribution in [-0.4, -0.2) is 10.8 Å². The lowest BCUT2D eigenvalue weighted by Crippen LogP contribution is -1.89. The Balaban J connectivity index is 2.72. The van der Waals surface area contributed by atoms with Gasteiger partial charge in [0.25, 0.3) is 0 Å². The van der Waals surface area contributed by atoms with Crippen molar-refractivity contribution in [2.24, 2.45) is 0 Å². The smallest absolute Gasteiger partial charge is 0.175 e. The van der Waals surface area contributed by atoms with Crippen molar-refractivity contribution in [3.05, 3.63) is 33.9 Å². The summed E-state index contributed by atoms with van der Waals surface area (Å²) in [5, 5.41) is 1.87. The van der Waals surface area contributed by atoms with Crippen LogP contribution >= 0.6 is 23.2 Å². The highest BCUT2D eigenvalue weighted by Gasteiger charge is 2.07. The van der Waals surface area contributed by atoms with Crippen LogP contribution < -0.4 is 0 Å². The molecule has 1 heterocycles. The van der Waals surface area contributed by atoms with Crippen molar-refractivity contribution in [1.29, 1.82) is 0 Å². The Kier molecular flexibility index (Phi) is 2.25. The van der Waals surface area contributed by atoms with Gasteiger partial charge in [-0.05, 0) is 18.2 Å². The predicted molar refractivity (Wildman–Crippen MR) is 58.3 cm³/mol. The van der Waals surface area contributed by atoms with Crippen LogP contribution in [0.25, 0.3) is 10.9 Å². The average molecular weight is 228 g/mol. The molecule has 2 nitrogen and oxygen atoms in total. The van der Waals surface area contributed by atoms with Gasteiger partial charge in [0.05, 0.1) is 15.7 Å². The molecular formula is C10H7Cl2NO. The van der Waals surface area contributed by atoms with Crippen molar-refractivity contribution in [2.45, 2.75) is 6.92 Å². The second kappa shape index (κ2) is 3.30. The lowest BCUT2D eigenvalue weighted by atomic mass is 10.2. The van der Waals surface area contributed by atoms with Gasteiger partial charge in [0.1, 0.15) is 0 Å². The van der Waals surface area contributed by atoms with E-state index in [1.54, 1.807) is 18.2 Å². The molecule has 0 bridgehead atoms. The molecular weight excluding hydrogens is 221 g/mol. The van der Waals surface area contributed by atoms with E-state index in [-0.39, 0.29) is 5.78 Å². The van der Waals surface area contributed by atoms with E-state index in [0.717, 1.165) is 10.9 Å². The zero-order chi connectivity index (χ0) is 10.3. The van der Waals surface area contributed by atoms with E-state index in [0.29, 0.717) is 15.7 Å². The lowest BCUT2D eigenvalue weighted by molar-refractivity contribution is 0.101. The monoisotopic (exact) mass is 227 g/mol. The van der Waals surface area contributed by atoms with E-state index >= 15 is 0 Å². The quantitative estimate of drug-likeness (QED) is 0.742. The van der Waals surface area contributed by atoms with Crippen molar-refractivity contribution < 1.29 is 4.79 Å². The molecule has 0 saturated carbocycles. The summed E-state index contributed by atoms with van der Waals surface area (Å²) in [7, 11) is 0. The third-order valence-corrected chi connectivity index (χ3v) is 2.76. The van der Waals surface area contributed by atoms with E-state index in [9.17, 15) is 4.79 Å². The summed E-state index contributed by atoms with van der Waals surface area (Å²) in [6.45, 7) is 1.51. The van der Waals surface area contributed by atoms with Gasteiger partial charge in [-0.1, -0.05) is 23.2 Å². The number of hydrogen-bond donors (Lipinski definition) is 1. The Morgan fingerprint density at radius 1 is 1.21 bits per heavy atom. The average Bonchev–Trinajstić information content (AvgIpc) is 2.48. The number of Topliss-reactive ketones (excluding diaryl/α,β-unsaturated/α-hetero) is 1. The van der Waals surface area contributed by atoms with Crippen LogP contribution in [0.4, 0.5) is 0 Å². The van der Waals surface area contributed by atoms with Crippen molar-refractivity contribution in [3.63, 3.8) is 0 Å². The summed E-state index contributed by atoms with van der Waals surface area (Å²) < 4.78 is 0. The molecule has 2 rings (SSSR count). The highest BCUT2D eigenvalue weighted by Crippen LogP contribution is 2.28. The van der Waals surface area contributed by atoms with Gasteiger partial charge in [0, 0.05) is 17.8 Å². The predicted octanol–water partition coefficient (Wildman–Crippen LogP) is 3.68. The molecule has 0 amide bonds. The van der Waals surface area contributed by atoms with Crippen molar-refractivity contribution in [1.82, 2.24) is 4.98 Å². The number of aromatic nitrogens is 1. The van der Waals surface area contributed by atoms with Crippen LogP contribution in [0.5, 0.6) is 0 Å². The third kappa shape index (κ3) is 1.51. The highest BCUT2D eigenvalue weighted by molar-refractivity contribution is 6.42. The number of ketones is 1. The van der Waals surface area contributed by atoms with Crippen LogP contribution in [0, 0.1) is 0 Å². The Morgan fingerprint density at radius 3 is 2.50 bits per heavy atom. The van der Waals surface area contributed by atoms with Crippen molar-refractivity contribution in [3.8, 4) is 0 Å². The van der Waals surface area contributed by atoms with Crippen molar-refractivity contribution >= 4 is 39.9 Å². The summed E-state index contributed by atoms with van der Waals surface area (Å²) in [5.41, 5.74) is 1.39. The first-order chi connectivity index (χ1) is 6.58.